The van der Waals surface area contributed by atoms with Crippen molar-refractivity contribution in [3.63, 3.8) is 0 Å². The van der Waals surface area contributed by atoms with Crippen LogP contribution < -0.4 is 10.6 Å². The van der Waals surface area contributed by atoms with Crippen molar-refractivity contribution in [2.45, 2.75) is 92.7 Å². The lowest BCUT2D eigenvalue weighted by Crippen LogP contribution is -2.56. The highest BCUT2D eigenvalue weighted by atomic mass is 35.5. The zero-order chi connectivity index (χ0) is 31.4. The minimum absolute atomic E-state index is 0.0428. The first-order valence-electron chi connectivity index (χ1n) is 14.8. The number of ketones is 1. The van der Waals surface area contributed by atoms with E-state index in [4.69, 9.17) is 23.2 Å². The Morgan fingerprint density at radius 3 is 2.33 bits per heavy atom. The fraction of sp³-hybridized carbons (Fsp3) is 0.516. The Hall–Kier alpha value is -2.50. The van der Waals surface area contributed by atoms with Crippen LogP contribution in [0, 0.1) is 0 Å². The number of nitrogens with zero attached hydrogens (tertiary/aromatic N) is 1. The lowest BCUT2D eigenvalue weighted by atomic mass is 9.94. The zero-order valence-electron chi connectivity index (χ0n) is 24.4. The molecule has 0 bridgehead atoms. The van der Waals surface area contributed by atoms with Crippen LogP contribution in [0.2, 0.25) is 10.0 Å². The molecule has 2 amide bonds. The van der Waals surface area contributed by atoms with E-state index in [1.165, 1.54) is 17.0 Å². The molecule has 1 saturated carbocycles. The van der Waals surface area contributed by atoms with Gasteiger partial charge in [0, 0.05) is 18.1 Å². The van der Waals surface area contributed by atoms with Gasteiger partial charge in [-0.15, -0.1) is 0 Å². The third kappa shape index (κ3) is 7.26. The molecule has 2 fully saturated rings. The lowest BCUT2D eigenvalue weighted by molar-refractivity contribution is -0.141. The van der Waals surface area contributed by atoms with Gasteiger partial charge in [0.15, 0.2) is 9.84 Å². The number of benzene rings is 2. The highest BCUT2D eigenvalue weighted by Gasteiger charge is 2.57. The second kappa shape index (κ2) is 14.1. The molecule has 234 valence electrons. The molecular formula is C31H39Cl2N3O6S. The number of amides is 2. The van der Waals surface area contributed by atoms with Crippen LogP contribution in [0.5, 0.6) is 0 Å². The number of aliphatic hydroxyl groups excluding tert-OH is 1. The van der Waals surface area contributed by atoms with E-state index in [1.54, 1.807) is 36.4 Å². The third-order valence-electron chi connectivity index (χ3n) is 8.37. The van der Waals surface area contributed by atoms with E-state index in [9.17, 15) is 27.9 Å². The van der Waals surface area contributed by atoms with E-state index in [1.807, 2.05) is 13.8 Å². The smallest absolute Gasteiger partial charge is 0.289 e. The molecule has 3 N–H and O–H groups in total. The van der Waals surface area contributed by atoms with E-state index < -0.39 is 50.5 Å². The van der Waals surface area contributed by atoms with Crippen LogP contribution in [-0.4, -0.2) is 72.7 Å². The van der Waals surface area contributed by atoms with E-state index >= 15 is 0 Å². The van der Waals surface area contributed by atoms with Crippen molar-refractivity contribution in [1.29, 1.82) is 0 Å². The normalized spacial score (nSPS) is 20.8. The molecule has 4 atom stereocenters. The van der Waals surface area contributed by atoms with Gasteiger partial charge in [-0.2, -0.15) is 0 Å². The summed E-state index contributed by atoms with van der Waals surface area (Å²) in [4.78, 5) is 41.2. The number of Topliss-reactive ketones (excluding diaryl/α,β-unsaturated/α-hetero) is 1. The van der Waals surface area contributed by atoms with Gasteiger partial charge in [0.05, 0.1) is 32.7 Å². The van der Waals surface area contributed by atoms with Crippen molar-refractivity contribution < 1.29 is 27.9 Å². The summed E-state index contributed by atoms with van der Waals surface area (Å²) in [5, 5.41) is 16.5. The molecule has 1 unspecified atom stereocenters. The number of hydrogen-bond donors (Lipinski definition) is 3. The van der Waals surface area contributed by atoms with E-state index in [0.29, 0.717) is 30.8 Å². The molecular weight excluding hydrogens is 613 g/mol. The zero-order valence-corrected chi connectivity index (χ0v) is 26.7. The predicted octanol–water partition coefficient (Wildman–Crippen LogP) is 4.03. The highest BCUT2D eigenvalue weighted by Crippen LogP contribution is 2.51. The number of sulfone groups is 1. The quantitative estimate of drug-likeness (QED) is 0.160. The summed E-state index contributed by atoms with van der Waals surface area (Å²) in [6.45, 7) is 4.03. The number of nitrogens with one attached hydrogen (secondary N) is 2. The molecule has 0 radical (unpaired) electrons. The van der Waals surface area contributed by atoms with Gasteiger partial charge in [0.1, 0.15) is 6.23 Å². The Labute approximate surface area is 263 Å². The fourth-order valence-corrected chi connectivity index (χ4v) is 8.11. The van der Waals surface area contributed by atoms with Crippen molar-refractivity contribution in [3.05, 3.63) is 64.1 Å². The lowest BCUT2D eigenvalue weighted by Gasteiger charge is -2.33. The summed E-state index contributed by atoms with van der Waals surface area (Å²) >= 11 is 12.3. The van der Waals surface area contributed by atoms with E-state index in [-0.39, 0.29) is 35.2 Å². The predicted molar refractivity (Wildman–Crippen MR) is 166 cm³/mol. The molecule has 1 saturated heterocycles. The standard InChI is InChI=1S/C31H39Cl2N3O6S/c1-3-5-17-34-29(39)27(37)24(8-4-2)35-28(38)25-18-22(43(41,42)26-10-7-6-9-23(26)33)19-36(25)30(40)31(15-16-31)20-11-13-21(32)14-12-20/h6-7,9-14,22,24-25,28,35,38H,3-5,8,15-19H2,1-2H3,(H,34,39)/t22-,24+,25+,28?/m1/s1. The van der Waals surface area contributed by atoms with Crippen LogP contribution in [0.15, 0.2) is 53.4 Å². The van der Waals surface area contributed by atoms with Crippen molar-refractivity contribution in [2.75, 3.05) is 13.1 Å². The van der Waals surface area contributed by atoms with Crippen molar-refractivity contribution in [1.82, 2.24) is 15.5 Å². The molecule has 43 heavy (non-hydrogen) atoms. The SMILES string of the molecule is CCCCNC(=O)C(=O)[C@H](CCC)NC(O)[C@@H]1C[C@@H](S(=O)(=O)c2ccccc2Cl)CN1C(=O)C1(c2ccc(Cl)cc2)CC1. The maximum atomic E-state index is 14.2. The van der Waals surface area contributed by atoms with Crippen molar-refractivity contribution in [2.24, 2.45) is 0 Å². The number of hydrogen-bond acceptors (Lipinski definition) is 7. The van der Waals surface area contributed by atoms with Gasteiger partial charge in [-0.1, -0.05) is 74.2 Å². The van der Waals surface area contributed by atoms with Crippen LogP contribution in [0.3, 0.4) is 0 Å². The molecule has 1 heterocycles. The van der Waals surface area contributed by atoms with Crippen LogP contribution in [0.1, 0.15) is 64.4 Å². The largest absolute Gasteiger partial charge is 0.376 e. The maximum Gasteiger partial charge on any atom is 0.289 e. The Bertz CT molecular complexity index is 1430. The van der Waals surface area contributed by atoms with Crippen LogP contribution in [0.4, 0.5) is 0 Å². The summed E-state index contributed by atoms with van der Waals surface area (Å²) < 4.78 is 27.5. The summed E-state index contributed by atoms with van der Waals surface area (Å²) in [5.74, 6) is -1.76. The Kier molecular flexibility index (Phi) is 10.9. The van der Waals surface area contributed by atoms with Gasteiger partial charge < -0.3 is 15.3 Å². The van der Waals surface area contributed by atoms with Crippen LogP contribution in [-0.2, 0) is 29.6 Å². The van der Waals surface area contributed by atoms with Gasteiger partial charge in [-0.25, -0.2) is 8.42 Å². The second-order valence-electron chi connectivity index (χ2n) is 11.4. The summed E-state index contributed by atoms with van der Waals surface area (Å²) in [6, 6.07) is 11.1. The molecule has 0 spiro atoms. The highest BCUT2D eigenvalue weighted by molar-refractivity contribution is 7.92. The summed E-state index contributed by atoms with van der Waals surface area (Å²) in [7, 11) is -3.99. The number of aliphatic hydroxyl groups is 1. The first-order valence-corrected chi connectivity index (χ1v) is 17.1. The fourth-order valence-electron chi connectivity index (χ4n) is 5.75. The van der Waals surface area contributed by atoms with E-state index in [0.717, 1.165) is 18.4 Å². The first kappa shape index (κ1) is 33.4. The van der Waals surface area contributed by atoms with Crippen molar-refractivity contribution in [3.8, 4) is 0 Å². The Morgan fingerprint density at radius 1 is 1.05 bits per heavy atom. The van der Waals surface area contributed by atoms with Gasteiger partial charge >= 0.3 is 0 Å². The molecule has 0 aromatic heterocycles. The molecule has 1 aliphatic carbocycles. The van der Waals surface area contributed by atoms with Gasteiger partial charge in [0.25, 0.3) is 5.91 Å². The Morgan fingerprint density at radius 2 is 1.72 bits per heavy atom. The topological polar surface area (TPSA) is 133 Å². The van der Waals surface area contributed by atoms with Crippen LogP contribution in [0.25, 0.3) is 0 Å². The van der Waals surface area contributed by atoms with Crippen molar-refractivity contribution >= 4 is 50.6 Å². The first-order chi connectivity index (χ1) is 20.5. The minimum Gasteiger partial charge on any atom is -0.376 e. The monoisotopic (exact) mass is 651 g/mol. The second-order valence-corrected chi connectivity index (χ2v) is 14.4. The number of unbranched alkanes of at least 4 members (excludes halogenated alkanes) is 1. The molecule has 2 aliphatic rings. The van der Waals surface area contributed by atoms with Gasteiger partial charge in [0.2, 0.25) is 11.7 Å². The average molecular weight is 653 g/mol. The van der Waals surface area contributed by atoms with Crippen LogP contribution >= 0.6 is 23.2 Å². The summed E-state index contributed by atoms with van der Waals surface area (Å²) in [5.41, 5.74) is -0.0908. The maximum absolute atomic E-state index is 14.2. The molecule has 9 nitrogen and oxygen atoms in total. The minimum atomic E-state index is -3.99. The number of carbonyl (C=O) groups is 3. The molecule has 4 rings (SSSR count). The van der Waals surface area contributed by atoms with Gasteiger partial charge in [-0.05, 0) is 61.9 Å². The molecule has 12 heteroatoms. The third-order valence-corrected chi connectivity index (χ3v) is 11.3. The summed E-state index contributed by atoms with van der Waals surface area (Å²) in [6.07, 6.45) is 1.98. The number of rotatable bonds is 14. The number of likely N-dealkylation sites (tertiary alicyclic amines) is 1. The average Bonchev–Trinajstić information content (AvgIpc) is 3.66. The number of carbonyl (C=O) groups excluding carboxylic acids is 3. The number of halogens is 2. The Balaban J connectivity index is 1.63. The van der Waals surface area contributed by atoms with Gasteiger partial charge in [-0.3, -0.25) is 19.7 Å². The molecule has 2 aromatic rings. The molecule has 2 aromatic carbocycles. The van der Waals surface area contributed by atoms with E-state index in [2.05, 4.69) is 10.6 Å². The molecule has 1 aliphatic heterocycles.